The van der Waals surface area contributed by atoms with E-state index in [0.29, 0.717) is 18.5 Å². The van der Waals surface area contributed by atoms with Crippen LogP contribution in [0.4, 0.5) is 5.82 Å². The van der Waals surface area contributed by atoms with E-state index >= 15 is 0 Å². The van der Waals surface area contributed by atoms with Crippen LogP contribution in [0.15, 0.2) is 47.4 Å². The molecule has 4 rings (SSSR count). The van der Waals surface area contributed by atoms with Gasteiger partial charge in [0.05, 0.1) is 17.0 Å². The summed E-state index contributed by atoms with van der Waals surface area (Å²) in [5.74, 6) is 0.872. The van der Waals surface area contributed by atoms with Crippen LogP contribution < -0.4 is 10.5 Å². The normalized spacial score (nSPS) is 16.3. The predicted octanol–water partition coefficient (Wildman–Crippen LogP) is 2.96. The van der Waals surface area contributed by atoms with Crippen LogP contribution in [0.1, 0.15) is 30.5 Å². The molecule has 7 heteroatoms. The lowest BCUT2D eigenvalue weighted by molar-refractivity contribution is 0.226. The Hall–Kier alpha value is -3.68. The lowest BCUT2D eigenvalue weighted by Gasteiger charge is -2.38. The minimum atomic E-state index is -0.691. The number of nitrogens with one attached hydrogen (secondary N) is 1. The second-order valence-electron chi connectivity index (χ2n) is 8.50. The summed E-state index contributed by atoms with van der Waals surface area (Å²) in [5.41, 5.74) is 2.24. The molecule has 32 heavy (non-hydrogen) atoms. The van der Waals surface area contributed by atoms with Gasteiger partial charge in [0.1, 0.15) is 11.9 Å². The van der Waals surface area contributed by atoms with Gasteiger partial charge in [0, 0.05) is 50.0 Å². The smallest absolute Gasteiger partial charge is 0.251 e. The molecule has 1 atom stereocenters. The molecule has 1 aliphatic rings. The SMILES string of the molecule is CCc1cc2ccc(C(C)(C#N)CN3CCN(c4ccc(C#N)cn4)CC3)cc2[nH]c1=O. The van der Waals surface area contributed by atoms with Crippen LogP contribution in [0.25, 0.3) is 10.9 Å². The first kappa shape index (κ1) is 21.5. The van der Waals surface area contributed by atoms with Crippen molar-refractivity contribution < 1.29 is 0 Å². The Morgan fingerprint density at radius 2 is 1.91 bits per heavy atom. The largest absolute Gasteiger partial charge is 0.354 e. The molecular formula is C25H26N6O. The number of fused-ring (bicyclic) bond motifs is 1. The highest BCUT2D eigenvalue weighted by atomic mass is 16.1. The van der Waals surface area contributed by atoms with E-state index in [1.165, 1.54) is 0 Å². The third-order valence-electron chi connectivity index (χ3n) is 6.30. The van der Waals surface area contributed by atoms with Crippen LogP contribution in [-0.2, 0) is 11.8 Å². The van der Waals surface area contributed by atoms with Crippen molar-refractivity contribution in [2.24, 2.45) is 0 Å². The van der Waals surface area contributed by atoms with E-state index in [-0.39, 0.29) is 5.56 Å². The molecule has 0 aliphatic carbocycles. The molecule has 1 saturated heterocycles. The van der Waals surface area contributed by atoms with Gasteiger partial charge in [0.2, 0.25) is 0 Å². The van der Waals surface area contributed by atoms with E-state index in [4.69, 9.17) is 5.26 Å². The van der Waals surface area contributed by atoms with E-state index in [1.54, 1.807) is 12.3 Å². The molecule has 1 unspecified atom stereocenters. The Morgan fingerprint density at radius 3 is 2.53 bits per heavy atom. The van der Waals surface area contributed by atoms with E-state index in [1.807, 2.05) is 44.2 Å². The Kier molecular flexibility index (Phi) is 5.94. The van der Waals surface area contributed by atoms with Crippen LogP contribution in [-0.4, -0.2) is 47.6 Å². The first-order valence-electron chi connectivity index (χ1n) is 10.9. The molecule has 3 heterocycles. The lowest BCUT2D eigenvalue weighted by atomic mass is 9.82. The van der Waals surface area contributed by atoms with E-state index < -0.39 is 5.41 Å². The fourth-order valence-electron chi connectivity index (χ4n) is 4.26. The molecule has 7 nitrogen and oxygen atoms in total. The van der Waals surface area contributed by atoms with Crippen molar-refractivity contribution in [3.8, 4) is 12.1 Å². The average molecular weight is 427 g/mol. The summed E-state index contributed by atoms with van der Waals surface area (Å²) in [6.45, 7) is 7.81. The highest BCUT2D eigenvalue weighted by molar-refractivity contribution is 5.80. The van der Waals surface area contributed by atoms with Gasteiger partial charge in [-0.2, -0.15) is 10.5 Å². The van der Waals surface area contributed by atoms with Gasteiger partial charge >= 0.3 is 0 Å². The van der Waals surface area contributed by atoms with E-state index in [0.717, 1.165) is 54.0 Å². The minimum absolute atomic E-state index is 0.0663. The van der Waals surface area contributed by atoms with Crippen molar-refractivity contribution in [2.45, 2.75) is 25.7 Å². The summed E-state index contributed by atoms with van der Waals surface area (Å²) < 4.78 is 0. The number of H-pyrrole nitrogens is 1. The number of aromatic nitrogens is 2. The molecule has 1 aliphatic heterocycles. The Balaban J connectivity index is 1.48. The van der Waals surface area contributed by atoms with Crippen molar-refractivity contribution >= 4 is 16.7 Å². The fraction of sp³-hybridized carbons (Fsp3) is 0.360. The van der Waals surface area contributed by atoms with Gasteiger partial charge in [-0.05, 0) is 48.6 Å². The van der Waals surface area contributed by atoms with Crippen molar-refractivity contribution in [1.82, 2.24) is 14.9 Å². The van der Waals surface area contributed by atoms with Gasteiger partial charge in [0.15, 0.2) is 0 Å². The minimum Gasteiger partial charge on any atom is -0.354 e. The van der Waals surface area contributed by atoms with Gasteiger partial charge in [-0.15, -0.1) is 0 Å². The third-order valence-corrected chi connectivity index (χ3v) is 6.30. The number of rotatable bonds is 5. The van der Waals surface area contributed by atoms with Gasteiger partial charge < -0.3 is 9.88 Å². The number of benzene rings is 1. The highest BCUT2D eigenvalue weighted by Crippen LogP contribution is 2.28. The maximum absolute atomic E-state index is 12.2. The van der Waals surface area contributed by atoms with Gasteiger partial charge in [-0.3, -0.25) is 9.69 Å². The molecule has 0 bridgehead atoms. The second-order valence-corrected chi connectivity index (χ2v) is 8.50. The number of aryl methyl sites for hydroxylation is 1. The molecule has 0 amide bonds. The van der Waals surface area contributed by atoms with Gasteiger partial charge in [-0.25, -0.2) is 4.98 Å². The topological polar surface area (TPSA) is 99.8 Å². The number of pyridine rings is 2. The van der Waals surface area contributed by atoms with Crippen LogP contribution >= 0.6 is 0 Å². The maximum Gasteiger partial charge on any atom is 0.251 e. The summed E-state index contributed by atoms with van der Waals surface area (Å²) in [6, 6.07) is 16.1. The standard InChI is InChI=1S/C25H26N6O/c1-3-19-12-20-5-6-21(13-22(20)29-24(19)32)25(2,16-27)17-30-8-10-31(11-9-30)23-7-4-18(14-26)15-28-23/h4-7,12-13,15H,3,8-11,17H2,1-2H3,(H,29,32). The molecule has 162 valence electrons. The van der Waals surface area contributed by atoms with Crippen LogP contribution in [0.5, 0.6) is 0 Å². The molecule has 1 N–H and O–H groups in total. The number of aromatic amines is 1. The first-order chi connectivity index (χ1) is 15.5. The zero-order valence-electron chi connectivity index (χ0n) is 18.4. The summed E-state index contributed by atoms with van der Waals surface area (Å²) >= 11 is 0. The number of nitriles is 2. The summed E-state index contributed by atoms with van der Waals surface area (Å²) in [5, 5.41) is 20.0. The third kappa shape index (κ3) is 4.21. The lowest BCUT2D eigenvalue weighted by Crippen LogP contribution is -2.50. The maximum atomic E-state index is 12.2. The zero-order valence-corrected chi connectivity index (χ0v) is 18.4. The quantitative estimate of drug-likeness (QED) is 0.673. The monoisotopic (exact) mass is 426 g/mol. The molecule has 3 aromatic rings. The zero-order chi connectivity index (χ0) is 22.7. The van der Waals surface area contributed by atoms with Crippen LogP contribution in [0.3, 0.4) is 0 Å². The number of piperazine rings is 1. The molecule has 0 spiro atoms. The van der Waals surface area contributed by atoms with Crippen molar-refractivity contribution in [3.05, 3.63) is 69.6 Å². The summed E-state index contributed by atoms with van der Waals surface area (Å²) in [4.78, 5) is 24.1. The average Bonchev–Trinajstić information content (AvgIpc) is 2.83. The highest BCUT2D eigenvalue weighted by Gasteiger charge is 2.31. The van der Waals surface area contributed by atoms with Gasteiger partial charge in [-0.1, -0.05) is 19.1 Å². The molecule has 1 aromatic carbocycles. The molecule has 2 aromatic heterocycles. The number of anilines is 1. The molecular weight excluding hydrogens is 400 g/mol. The number of nitrogens with zero attached hydrogens (tertiary/aromatic N) is 5. The molecule has 0 radical (unpaired) electrons. The number of hydrogen-bond acceptors (Lipinski definition) is 6. The Bertz CT molecular complexity index is 1260. The number of hydrogen-bond donors (Lipinski definition) is 1. The summed E-state index contributed by atoms with van der Waals surface area (Å²) in [6.07, 6.45) is 2.29. The Labute approximate surface area is 187 Å². The fourth-order valence-corrected chi connectivity index (χ4v) is 4.26. The van der Waals surface area contributed by atoms with Crippen LogP contribution in [0, 0.1) is 22.7 Å². The first-order valence-corrected chi connectivity index (χ1v) is 10.9. The molecule has 1 fully saturated rings. The van der Waals surface area contributed by atoms with E-state index in [9.17, 15) is 10.1 Å². The van der Waals surface area contributed by atoms with E-state index in [2.05, 4.69) is 31.9 Å². The van der Waals surface area contributed by atoms with Crippen LogP contribution in [0.2, 0.25) is 0 Å². The predicted molar refractivity (Wildman–Crippen MR) is 125 cm³/mol. The Morgan fingerprint density at radius 1 is 1.12 bits per heavy atom. The second kappa shape index (κ2) is 8.82. The summed E-state index contributed by atoms with van der Waals surface area (Å²) in [7, 11) is 0. The van der Waals surface area contributed by atoms with Crippen molar-refractivity contribution in [3.63, 3.8) is 0 Å². The van der Waals surface area contributed by atoms with Crippen molar-refractivity contribution in [1.29, 1.82) is 10.5 Å². The van der Waals surface area contributed by atoms with Gasteiger partial charge in [0.25, 0.3) is 5.56 Å². The molecule has 0 saturated carbocycles. The van der Waals surface area contributed by atoms with Crippen molar-refractivity contribution in [2.75, 3.05) is 37.6 Å².